The van der Waals surface area contributed by atoms with Crippen LogP contribution in [0.3, 0.4) is 0 Å². The van der Waals surface area contributed by atoms with Crippen molar-refractivity contribution in [3.63, 3.8) is 0 Å². The summed E-state index contributed by atoms with van der Waals surface area (Å²) in [5, 5.41) is 0. The molecule has 6 heteroatoms. The number of carbonyl (C=O) groups is 2. The number of rotatable bonds is 2. The molecule has 2 amide bonds. The topological polar surface area (TPSA) is 40.6 Å². The van der Waals surface area contributed by atoms with Gasteiger partial charge in [0.1, 0.15) is 11.6 Å². The number of nitrogens with zero attached hydrogens (tertiary/aromatic N) is 2. The van der Waals surface area contributed by atoms with Gasteiger partial charge in [0.25, 0.3) is 5.91 Å². The monoisotopic (exact) mass is 384 g/mol. The molecule has 2 aliphatic heterocycles. The molecule has 2 aromatic rings. The van der Waals surface area contributed by atoms with E-state index in [1.807, 2.05) is 30.0 Å². The first-order chi connectivity index (χ1) is 13.5. The van der Waals surface area contributed by atoms with Crippen molar-refractivity contribution in [2.24, 2.45) is 5.92 Å². The van der Waals surface area contributed by atoms with Crippen LogP contribution < -0.4 is 4.90 Å². The third-order valence-electron chi connectivity index (χ3n) is 5.74. The number of anilines is 1. The van der Waals surface area contributed by atoms with Crippen molar-refractivity contribution in [1.82, 2.24) is 4.90 Å². The van der Waals surface area contributed by atoms with E-state index in [9.17, 15) is 18.4 Å². The molecule has 1 atom stereocenters. The standard InChI is InChI=1S/C22H22F2N2O2/c1-14-12-16-4-2-3-5-20(16)26(14)21(27)15-8-10-25(11-9-15)22(28)18-7-6-17(23)13-19(18)24/h2-7,13-15H,8-12H2,1H3. The second kappa shape index (κ2) is 7.34. The van der Waals surface area contributed by atoms with Crippen LogP contribution in [0.5, 0.6) is 0 Å². The Kier molecular flexibility index (Phi) is 4.87. The minimum absolute atomic E-state index is 0.0949. The van der Waals surface area contributed by atoms with E-state index < -0.39 is 17.5 Å². The summed E-state index contributed by atoms with van der Waals surface area (Å²) in [7, 11) is 0. The Morgan fingerprint density at radius 2 is 1.75 bits per heavy atom. The molecule has 2 aliphatic rings. The van der Waals surface area contributed by atoms with E-state index in [-0.39, 0.29) is 23.4 Å². The van der Waals surface area contributed by atoms with Crippen LogP contribution in [0.2, 0.25) is 0 Å². The number of hydrogen-bond donors (Lipinski definition) is 0. The first kappa shape index (κ1) is 18.6. The van der Waals surface area contributed by atoms with Crippen molar-refractivity contribution in [3.8, 4) is 0 Å². The molecule has 1 saturated heterocycles. The van der Waals surface area contributed by atoms with E-state index in [1.165, 1.54) is 11.6 Å². The predicted molar refractivity (Wildman–Crippen MR) is 102 cm³/mol. The van der Waals surface area contributed by atoms with Gasteiger partial charge in [0.15, 0.2) is 0 Å². The maximum absolute atomic E-state index is 13.9. The van der Waals surface area contributed by atoms with Crippen LogP contribution in [-0.2, 0) is 11.2 Å². The largest absolute Gasteiger partial charge is 0.339 e. The fraction of sp³-hybridized carbons (Fsp3) is 0.364. The Balaban J connectivity index is 1.43. The number of piperidine rings is 1. The van der Waals surface area contributed by atoms with E-state index in [0.717, 1.165) is 24.2 Å². The van der Waals surface area contributed by atoms with Gasteiger partial charge in [0.2, 0.25) is 5.91 Å². The molecule has 2 aromatic carbocycles. The first-order valence-electron chi connectivity index (χ1n) is 9.61. The summed E-state index contributed by atoms with van der Waals surface area (Å²) < 4.78 is 27.0. The summed E-state index contributed by atoms with van der Waals surface area (Å²) in [4.78, 5) is 29.1. The summed E-state index contributed by atoms with van der Waals surface area (Å²) in [5.41, 5.74) is 2.03. The van der Waals surface area contributed by atoms with Gasteiger partial charge in [-0.1, -0.05) is 18.2 Å². The van der Waals surface area contributed by atoms with E-state index in [0.29, 0.717) is 25.9 Å². The van der Waals surface area contributed by atoms with Crippen molar-refractivity contribution < 1.29 is 18.4 Å². The number of para-hydroxylation sites is 1. The Hall–Kier alpha value is -2.76. The lowest BCUT2D eigenvalue weighted by molar-refractivity contribution is -0.124. The van der Waals surface area contributed by atoms with Crippen LogP contribution in [0.25, 0.3) is 0 Å². The van der Waals surface area contributed by atoms with Crippen molar-refractivity contribution >= 4 is 17.5 Å². The molecule has 0 spiro atoms. The van der Waals surface area contributed by atoms with E-state index in [2.05, 4.69) is 6.07 Å². The Bertz CT molecular complexity index is 923. The number of likely N-dealkylation sites (tertiary alicyclic amines) is 1. The van der Waals surface area contributed by atoms with Gasteiger partial charge in [-0.15, -0.1) is 0 Å². The smallest absolute Gasteiger partial charge is 0.256 e. The van der Waals surface area contributed by atoms with Crippen molar-refractivity contribution in [2.45, 2.75) is 32.2 Å². The molecule has 28 heavy (non-hydrogen) atoms. The Labute approximate surface area is 162 Å². The number of fused-ring (bicyclic) bond motifs is 1. The molecule has 0 aliphatic carbocycles. The van der Waals surface area contributed by atoms with Gasteiger partial charge in [0.05, 0.1) is 5.56 Å². The average molecular weight is 384 g/mol. The van der Waals surface area contributed by atoms with Crippen molar-refractivity contribution in [1.29, 1.82) is 0 Å². The van der Waals surface area contributed by atoms with Gasteiger partial charge in [-0.25, -0.2) is 8.78 Å². The molecule has 2 heterocycles. The number of carbonyl (C=O) groups excluding carboxylic acids is 2. The predicted octanol–water partition coefficient (Wildman–Crippen LogP) is 3.79. The lowest BCUT2D eigenvalue weighted by Crippen LogP contribution is -2.46. The van der Waals surface area contributed by atoms with Crippen LogP contribution >= 0.6 is 0 Å². The number of hydrogen-bond acceptors (Lipinski definition) is 2. The van der Waals surface area contributed by atoms with Crippen LogP contribution in [0.1, 0.15) is 35.7 Å². The molecule has 4 nitrogen and oxygen atoms in total. The van der Waals surface area contributed by atoms with Gasteiger partial charge >= 0.3 is 0 Å². The van der Waals surface area contributed by atoms with Crippen molar-refractivity contribution in [3.05, 3.63) is 65.2 Å². The van der Waals surface area contributed by atoms with E-state index in [1.54, 1.807) is 4.90 Å². The highest BCUT2D eigenvalue weighted by atomic mass is 19.1. The normalized spacial score (nSPS) is 19.6. The highest BCUT2D eigenvalue weighted by molar-refractivity contribution is 5.98. The summed E-state index contributed by atoms with van der Waals surface area (Å²) in [5.74, 6) is -2.08. The lowest BCUT2D eigenvalue weighted by Gasteiger charge is -2.34. The fourth-order valence-corrected chi connectivity index (χ4v) is 4.26. The third-order valence-corrected chi connectivity index (χ3v) is 5.74. The lowest BCUT2D eigenvalue weighted by atomic mass is 9.94. The minimum Gasteiger partial charge on any atom is -0.339 e. The van der Waals surface area contributed by atoms with Crippen molar-refractivity contribution in [2.75, 3.05) is 18.0 Å². The van der Waals surface area contributed by atoms with Crippen LogP contribution in [0.4, 0.5) is 14.5 Å². The SMILES string of the molecule is CC1Cc2ccccc2N1C(=O)C1CCN(C(=O)c2ccc(F)cc2F)CC1. The second-order valence-electron chi connectivity index (χ2n) is 7.58. The molecule has 4 rings (SSSR count). The summed E-state index contributed by atoms with van der Waals surface area (Å²) >= 11 is 0. The van der Waals surface area contributed by atoms with Gasteiger partial charge in [-0.05, 0) is 49.9 Å². The number of amides is 2. The maximum atomic E-state index is 13.9. The first-order valence-corrected chi connectivity index (χ1v) is 9.61. The number of benzene rings is 2. The van der Waals surface area contributed by atoms with Gasteiger partial charge in [0, 0.05) is 36.8 Å². The van der Waals surface area contributed by atoms with E-state index >= 15 is 0 Å². The molecule has 0 N–H and O–H groups in total. The van der Waals surface area contributed by atoms with Crippen LogP contribution in [0, 0.1) is 17.6 Å². The molecular weight excluding hydrogens is 362 g/mol. The molecule has 0 radical (unpaired) electrons. The molecule has 0 saturated carbocycles. The molecular formula is C22H22F2N2O2. The molecule has 1 fully saturated rings. The summed E-state index contributed by atoms with van der Waals surface area (Å²) in [6.07, 6.45) is 1.93. The van der Waals surface area contributed by atoms with Crippen LogP contribution in [-0.4, -0.2) is 35.8 Å². The fourth-order valence-electron chi connectivity index (χ4n) is 4.26. The highest BCUT2D eigenvalue weighted by Gasteiger charge is 2.36. The van der Waals surface area contributed by atoms with Gasteiger partial charge in [-0.3, -0.25) is 9.59 Å². The average Bonchev–Trinajstić information content (AvgIpc) is 3.03. The van der Waals surface area contributed by atoms with Crippen LogP contribution in [0.15, 0.2) is 42.5 Å². The second-order valence-corrected chi connectivity index (χ2v) is 7.58. The van der Waals surface area contributed by atoms with Gasteiger partial charge < -0.3 is 9.80 Å². The summed E-state index contributed by atoms with van der Waals surface area (Å²) in [6.45, 7) is 2.82. The molecule has 0 aromatic heterocycles. The minimum atomic E-state index is -0.856. The number of halogens is 2. The summed E-state index contributed by atoms with van der Waals surface area (Å²) in [6, 6.07) is 11.1. The third kappa shape index (κ3) is 3.28. The zero-order valence-corrected chi connectivity index (χ0v) is 15.7. The van der Waals surface area contributed by atoms with Gasteiger partial charge in [-0.2, -0.15) is 0 Å². The van der Waals surface area contributed by atoms with E-state index in [4.69, 9.17) is 0 Å². The quantitative estimate of drug-likeness (QED) is 0.790. The Morgan fingerprint density at radius 1 is 1.04 bits per heavy atom. The zero-order valence-electron chi connectivity index (χ0n) is 15.7. The molecule has 1 unspecified atom stereocenters. The highest BCUT2D eigenvalue weighted by Crippen LogP contribution is 2.34. The zero-order chi connectivity index (χ0) is 19.8. The molecule has 0 bridgehead atoms. The maximum Gasteiger partial charge on any atom is 0.256 e. The Morgan fingerprint density at radius 3 is 2.46 bits per heavy atom. The molecule has 146 valence electrons.